The van der Waals surface area contributed by atoms with Crippen LogP contribution in [0.2, 0.25) is 0 Å². The fourth-order valence-corrected chi connectivity index (χ4v) is 2.31. The molecule has 1 N–H and O–H groups in total. The molecule has 4 nitrogen and oxygen atoms in total. The van der Waals surface area contributed by atoms with Crippen LogP contribution in [0.3, 0.4) is 0 Å². The van der Waals surface area contributed by atoms with Crippen LogP contribution >= 0.6 is 0 Å². The quantitative estimate of drug-likeness (QED) is 0.785. The topological polar surface area (TPSA) is 41.3 Å². The van der Waals surface area contributed by atoms with E-state index < -0.39 is 0 Å². The normalized spacial score (nSPS) is 17.4. The van der Waals surface area contributed by atoms with Gasteiger partial charge in [-0.3, -0.25) is 4.90 Å². The third-order valence-corrected chi connectivity index (χ3v) is 3.73. The third-order valence-electron chi connectivity index (χ3n) is 3.73. The van der Waals surface area contributed by atoms with Gasteiger partial charge in [-0.15, -0.1) is 0 Å². The van der Waals surface area contributed by atoms with Crippen molar-refractivity contribution in [2.24, 2.45) is 5.92 Å². The van der Waals surface area contributed by atoms with Crippen molar-refractivity contribution < 1.29 is 4.52 Å². The lowest BCUT2D eigenvalue weighted by atomic mass is 10.0. The summed E-state index contributed by atoms with van der Waals surface area (Å²) in [4.78, 5) is 2.33. The summed E-state index contributed by atoms with van der Waals surface area (Å²) in [5.41, 5.74) is 1.02. The molecule has 2 rings (SSSR count). The molecule has 0 aromatic carbocycles. The van der Waals surface area contributed by atoms with Gasteiger partial charge in [0, 0.05) is 24.7 Å². The first kappa shape index (κ1) is 14.5. The molecule has 1 fully saturated rings. The second-order valence-electron chi connectivity index (χ2n) is 6.33. The largest absolute Gasteiger partial charge is 0.360 e. The van der Waals surface area contributed by atoms with E-state index in [1.165, 1.54) is 19.3 Å². The summed E-state index contributed by atoms with van der Waals surface area (Å²) in [5.74, 6) is 1.69. The Morgan fingerprint density at radius 3 is 2.79 bits per heavy atom. The Balaban J connectivity index is 1.77. The summed E-state index contributed by atoms with van der Waals surface area (Å²) >= 11 is 0. The summed E-state index contributed by atoms with van der Waals surface area (Å²) in [7, 11) is 2.15. The van der Waals surface area contributed by atoms with E-state index in [0.717, 1.165) is 30.5 Å². The molecule has 0 spiro atoms. The van der Waals surface area contributed by atoms with Crippen LogP contribution in [0.15, 0.2) is 10.6 Å². The molecular weight excluding hydrogens is 238 g/mol. The van der Waals surface area contributed by atoms with Gasteiger partial charge in [0.05, 0.1) is 12.2 Å². The highest BCUT2D eigenvalue weighted by Gasteiger charge is 2.21. The molecule has 0 amide bonds. The molecule has 1 aromatic heterocycles. The minimum absolute atomic E-state index is 0.568. The van der Waals surface area contributed by atoms with Gasteiger partial charge in [0.1, 0.15) is 0 Å². The van der Waals surface area contributed by atoms with Crippen molar-refractivity contribution in [3.63, 3.8) is 0 Å². The van der Waals surface area contributed by atoms with Gasteiger partial charge in [-0.2, -0.15) is 0 Å². The van der Waals surface area contributed by atoms with Crippen LogP contribution in [-0.2, 0) is 13.1 Å². The van der Waals surface area contributed by atoms with Crippen LogP contribution in [0, 0.1) is 5.92 Å². The molecule has 4 heteroatoms. The summed E-state index contributed by atoms with van der Waals surface area (Å²) in [6.45, 7) is 8.47. The van der Waals surface area contributed by atoms with Crippen LogP contribution < -0.4 is 5.32 Å². The van der Waals surface area contributed by atoms with Gasteiger partial charge >= 0.3 is 0 Å². The van der Waals surface area contributed by atoms with Crippen molar-refractivity contribution in [1.82, 2.24) is 15.4 Å². The van der Waals surface area contributed by atoms with Crippen molar-refractivity contribution in [2.45, 2.75) is 65.2 Å². The predicted octanol–water partition coefficient (Wildman–Crippen LogP) is 2.79. The van der Waals surface area contributed by atoms with E-state index in [1.54, 1.807) is 0 Å². The molecule has 0 saturated heterocycles. The molecule has 1 aliphatic carbocycles. The number of hydrogen-bond acceptors (Lipinski definition) is 4. The fraction of sp³-hybridized carbons (Fsp3) is 0.800. The van der Waals surface area contributed by atoms with Gasteiger partial charge < -0.3 is 9.84 Å². The van der Waals surface area contributed by atoms with Gasteiger partial charge in [-0.25, -0.2) is 0 Å². The second kappa shape index (κ2) is 6.53. The van der Waals surface area contributed by atoms with Crippen molar-refractivity contribution in [3.05, 3.63) is 17.5 Å². The molecular formula is C15H27N3O. The standard InChI is InChI=1S/C15H27N3O/c1-11(2)7-12(3)18(4)10-15-8-14(17-19-15)9-16-13-5-6-13/h8,11-13,16H,5-7,9-10H2,1-4H3. The molecule has 1 aromatic rings. The Labute approximate surface area is 116 Å². The van der Waals surface area contributed by atoms with Gasteiger partial charge in [-0.1, -0.05) is 19.0 Å². The maximum absolute atomic E-state index is 5.41. The summed E-state index contributed by atoms with van der Waals surface area (Å²) < 4.78 is 5.41. The van der Waals surface area contributed by atoms with Crippen molar-refractivity contribution >= 4 is 0 Å². The Morgan fingerprint density at radius 1 is 1.42 bits per heavy atom. The highest BCUT2D eigenvalue weighted by molar-refractivity contribution is 5.05. The third kappa shape index (κ3) is 4.96. The second-order valence-corrected chi connectivity index (χ2v) is 6.33. The van der Waals surface area contributed by atoms with E-state index in [0.29, 0.717) is 12.1 Å². The van der Waals surface area contributed by atoms with E-state index in [2.05, 4.69) is 49.3 Å². The van der Waals surface area contributed by atoms with E-state index in [9.17, 15) is 0 Å². The number of nitrogens with zero attached hydrogens (tertiary/aromatic N) is 2. The van der Waals surface area contributed by atoms with Crippen molar-refractivity contribution in [1.29, 1.82) is 0 Å². The minimum atomic E-state index is 0.568. The monoisotopic (exact) mass is 265 g/mol. The summed E-state index contributed by atoms with van der Waals surface area (Å²) in [6, 6.07) is 3.36. The number of rotatable bonds is 8. The number of aromatic nitrogens is 1. The van der Waals surface area contributed by atoms with Gasteiger partial charge in [0.2, 0.25) is 0 Å². The van der Waals surface area contributed by atoms with Crippen molar-refractivity contribution in [3.8, 4) is 0 Å². The molecule has 1 heterocycles. The van der Waals surface area contributed by atoms with Crippen LogP contribution in [0.4, 0.5) is 0 Å². The Kier molecular flexibility index (Phi) is 4.99. The first-order chi connectivity index (χ1) is 9.04. The Morgan fingerprint density at radius 2 is 2.16 bits per heavy atom. The molecule has 0 aliphatic heterocycles. The zero-order chi connectivity index (χ0) is 13.8. The fourth-order valence-electron chi connectivity index (χ4n) is 2.31. The van der Waals surface area contributed by atoms with Crippen LogP contribution in [-0.4, -0.2) is 29.2 Å². The van der Waals surface area contributed by atoms with E-state index >= 15 is 0 Å². The number of nitrogens with one attached hydrogen (secondary N) is 1. The predicted molar refractivity (Wildman–Crippen MR) is 76.7 cm³/mol. The van der Waals surface area contributed by atoms with Gasteiger partial charge in [0.25, 0.3) is 0 Å². The minimum Gasteiger partial charge on any atom is -0.360 e. The zero-order valence-electron chi connectivity index (χ0n) is 12.6. The maximum Gasteiger partial charge on any atom is 0.151 e. The Hall–Kier alpha value is -0.870. The molecule has 108 valence electrons. The summed E-state index contributed by atoms with van der Waals surface area (Å²) in [6.07, 6.45) is 3.82. The average molecular weight is 265 g/mol. The van der Waals surface area contributed by atoms with Gasteiger partial charge in [-0.05, 0) is 39.2 Å². The highest BCUT2D eigenvalue weighted by Crippen LogP contribution is 2.19. The van der Waals surface area contributed by atoms with Gasteiger partial charge in [0.15, 0.2) is 5.76 Å². The SMILES string of the molecule is CC(C)CC(C)N(C)Cc1cc(CNC2CC2)no1. The molecule has 0 radical (unpaired) electrons. The molecule has 1 atom stereocenters. The zero-order valence-corrected chi connectivity index (χ0v) is 12.6. The van der Waals surface area contributed by atoms with Crippen LogP contribution in [0.1, 0.15) is 51.5 Å². The molecule has 0 bridgehead atoms. The van der Waals surface area contributed by atoms with E-state index in [4.69, 9.17) is 4.52 Å². The van der Waals surface area contributed by atoms with Crippen LogP contribution in [0.5, 0.6) is 0 Å². The van der Waals surface area contributed by atoms with E-state index in [1.807, 2.05) is 0 Å². The highest BCUT2D eigenvalue weighted by atomic mass is 16.5. The molecule has 19 heavy (non-hydrogen) atoms. The smallest absolute Gasteiger partial charge is 0.151 e. The first-order valence-corrected chi connectivity index (χ1v) is 7.42. The number of hydrogen-bond donors (Lipinski definition) is 1. The molecule has 1 unspecified atom stereocenters. The Bertz CT molecular complexity index is 384. The van der Waals surface area contributed by atoms with Crippen LogP contribution in [0.25, 0.3) is 0 Å². The molecule has 1 saturated carbocycles. The van der Waals surface area contributed by atoms with Crippen molar-refractivity contribution in [2.75, 3.05) is 7.05 Å². The first-order valence-electron chi connectivity index (χ1n) is 7.42. The average Bonchev–Trinajstić information content (AvgIpc) is 3.06. The lowest BCUT2D eigenvalue weighted by Crippen LogP contribution is -2.29. The lowest BCUT2D eigenvalue weighted by molar-refractivity contribution is 0.197. The maximum atomic E-state index is 5.41. The lowest BCUT2D eigenvalue weighted by Gasteiger charge is -2.24. The van der Waals surface area contributed by atoms with E-state index in [-0.39, 0.29) is 0 Å². The summed E-state index contributed by atoms with van der Waals surface area (Å²) in [5, 5.41) is 7.58. The molecule has 1 aliphatic rings.